The van der Waals surface area contributed by atoms with Crippen molar-refractivity contribution < 1.29 is 4.79 Å². The Hall–Kier alpha value is -0.530. The van der Waals surface area contributed by atoms with Crippen molar-refractivity contribution in [1.82, 2.24) is 0 Å². The van der Waals surface area contributed by atoms with Gasteiger partial charge in [0.1, 0.15) is 0 Å². The maximum Gasteiger partial charge on any atom is 0.161 e. The van der Waals surface area contributed by atoms with Gasteiger partial charge in [-0.2, -0.15) is 0 Å². The quantitative estimate of drug-likeness (QED) is 0.653. The van der Waals surface area contributed by atoms with Crippen LogP contribution in [-0.4, -0.2) is 5.78 Å². The zero-order valence-corrected chi connectivity index (χ0v) is 9.25. The first-order chi connectivity index (χ1) is 5.95. The van der Waals surface area contributed by atoms with E-state index in [9.17, 15) is 4.79 Å². The van der Waals surface area contributed by atoms with Crippen LogP contribution in [0.3, 0.4) is 0 Å². The third-order valence-electron chi connectivity index (χ3n) is 1.99. The summed E-state index contributed by atoms with van der Waals surface area (Å²) in [5.41, 5.74) is 2.12. The average molecular weight is 217 g/mol. The van der Waals surface area contributed by atoms with Gasteiger partial charge in [0.05, 0.1) is 5.02 Å². The van der Waals surface area contributed by atoms with Crippen molar-refractivity contribution in [2.24, 2.45) is 0 Å². The van der Waals surface area contributed by atoms with Crippen LogP contribution in [0, 0.1) is 13.8 Å². The molecule has 0 saturated carbocycles. The van der Waals surface area contributed by atoms with Crippen molar-refractivity contribution in [1.29, 1.82) is 0 Å². The van der Waals surface area contributed by atoms with Gasteiger partial charge in [-0.3, -0.25) is 4.79 Å². The fourth-order valence-electron chi connectivity index (χ4n) is 1.26. The molecule has 0 atom stereocenters. The molecule has 0 unspecified atom stereocenters. The number of aryl methyl sites for hydroxylation is 1. The lowest BCUT2D eigenvalue weighted by molar-refractivity contribution is 0.101. The number of carbonyl (C=O) groups is 1. The molecule has 1 aromatic rings. The van der Waals surface area contributed by atoms with E-state index in [0.717, 1.165) is 11.1 Å². The van der Waals surface area contributed by atoms with E-state index in [2.05, 4.69) is 0 Å². The van der Waals surface area contributed by atoms with E-state index in [1.54, 1.807) is 13.0 Å². The van der Waals surface area contributed by atoms with E-state index in [-0.39, 0.29) is 5.78 Å². The van der Waals surface area contributed by atoms with Crippen molar-refractivity contribution in [2.75, 3.05) is 0 Å². The molecule has 0 amide bonds. The lowest BCUT2D eigenvalue weighted by atomic mass is 10.0. The van der Waals surface area contributed by atoms with E-state index in [1.807, 2.05) is 6.92 Å². The van der Waals surface area contributed by atoms with E-state index < -0.39 is 0 Å². The summed E-state index contributed by atoms with van der Waals surface area (Å²) in [6, 6.07) is 1.77. The first kappa shape index (κ1) is 10.6. The number of halogens is 2. The SMILES string of the molecule is CC(=O)c1c(C)c(Cl)cc(C)c1Cl. The molecule has 0 radical (unpaired) electrons. The van der Waals surface area contributed by atoms with Crippen molar-refractivity contribution >= 4 is 29.0 Å². The molecule has 0 aliphatic carbocycles. The van der Waals surface area contributed by atoms with Crippen LogP contribution in [0.15, 0.2) is 6.07 Å². The van der Waals surface area contributed by atoms with Crippen LogP contribution >= 0.6 is 23.2 Å². The van der Waals surface area contributed by atoms with Gasteiger partial charge in [-0.05, 0) is 38.0 Å². The molecule has 70 valence electrons. The summed E-state index contributed by atoms with van der Waals surface area (Å²) in [7, 11) is 0. The van der Waals surface area contributed by atoms with Gasteiger partial charge in [-0.15, -0.1) is 0 Å². The second-order valence-electron chi connectivity index (χ2n) is 3.05. The number of hydrogen-bond acceptors (Lipinski definition) is 1. The number of Topliss-reactive ketones (excluding diaryl/α,β-unsaturated/α-hetero) is 1. The molecule has 3 heteroatoms. The molecule has 1 rings (SSSR count). The molecular formula is C10H10Cl2O. The maximum atomic E-state index is 11.2. The Balaban J connectivity index is 3.56. The zero-order chi connectivity index (χ0) is 10.2. The molecule has 13 heavy (non-hydrogen) atoms. The van der Waals surface area contributed by atoms with Crippen LogP contribution in [0.25, 0.3) is 0 Å². The van der Waals surface area contributed by atoms with E-state index in [4.69, 9.17) is 23.2 Å². The normalized spacial score (nSPS) is 10.2. The van der Waals surface area contributed by atoms with Gasteiger partial charge in [0.2, 0.25) is 0 Å². The molecule has 1 nitrogen and oxygen atoms in total. The van der Waals surface area contributed by atoms with Crippen LogP contribution < -0.4 is 0 Å². The highest BCUT2D eigenvalue weighted by Gasteiger charge is 2.14. The molecule has 0 bridgehead atoms. The first-order valence-electron chi connectivity index (χ1n) is 3.91. The van der Waals surface area contributed by atoms with Crippen LogP contribution in [0.2, 0.25) is 10.0 Å². The average Bonchev–Trinajstić information content (AvgIpc) is 2.01. The Labute approximate surface area is 87.7 Å². The van der Waals surface area contributed by atoms with Crippen molar-refractivity contribution in [3.63, 3.8) is 0 Å². The molecule has 0 heterocycles. The molecule has 0 aliphatic rings. The smallest absolute Gasteiger partial charge is 0.161 e. The number of hydrogen-bond donors (Lipinski definition) is 0. The summed E-state index contributed by atoms with van der Waals surface area (Å²) in [6.07, 6.45) is 0. The zero-order valence-electron chi connectivity index (χ0n) is 7.74. The molecular weight excluding hydrogens is 207 g/mol. The number of ketones is 1. The van der Waals surface area contributed by atoms with Crippen LogP contribution in [0.5, 0.6) is 0 Å². The third kappa shape index (κ3) is 1.87. The van der Waals surface area contributed by atoms with E-state index in [0.29, 0.717) is 15.6 Å². The minimum atomic E-state index is -0.0481. The third-order valence-corrected chi connectivity index (χ3v) is 2.87. The standard InChI is InChI=1S/C10H10Cl2O/c1-5-4-8(11)6(2)9(7(3)13)10(5)12/h4H,1-3H3. The highest BCUT2D eigenvalue weighted by atomic mass is 35.5. The molecule has 0 spiro atoms. The largest absolute Gasteiger partial charge is 0.294 e. The van der Waals surface area contributed by atoms with E-state index >= 15 is 0 Å². The Bertz CT molecular complexity index is 343. The minimum Gasteiger partial charge on any atom is -0.294 e. The van der Waals surface area contributed by atoms with Gasteiger partial charge >= 0.3 is 0 Å². The van der Waals surface area contributed by atoms with E-state index in [1.165, 1.54) is 6.92 Å². The van der Waals surface area contributed by atoms with Gasteiger partial charge in [0, 0.05) is 10.6 Å². The maximum absolute atomic E-state index is 11.2. The van der Waals surface area contributed by atoms with Crippen LogP contribution in [-0.2, 0) is 0 Å². The summed E-state index contributed by atoms with van der Waals surface area (Å²) < 4.78 is 0. The second-order valence-corrected chi connectivity index (χ2v) is 3.83. The minimum absolute atomic E-state index is 0.0481. The first-order valence-corrected chi connectivity index (χ1v) is 4.67. The lowest BCUT2D eigenvalue weighted by Gasteiger charge is -2.09. The number of benzene rings is 1. The Morgan fingerprint density at radius 1 is 1.31 bits per heavy atom. The molecule has 0 fully saturated rings. The summed E-state index contributed by atoms with van der Waals surface area (Å²) in [6.45, 7) is 5.12. The Morgan fingerprint density at radius 2 is 1.85 bits per heavy atom. The molecule has 0 saturated heterocycles. The van der Waals surface area contributed by atoms with Gasteiger partial charge in [-0.25, -0.2) is 0 Å². The molecule has 0 aromatic heterocycles. The fourth-order valence-corrected chi connectivity index (χ4v) is 1.85. The highest BCUT2D eigenvalue weighted by Crippen LogP contribution is 2.29. The Kier molecular flexibility index (Phi) is 2.99. The predicted molar refractivity (Wildman–Crippen MR) is 55.9 cm³/mol. The van der Waals surface area contributed by atoms with Crippen molar-refractivity contribution in [3.05, 3.63) is 32.8 Å². The number of carbonyl (C=O) groups excluding carboxylic acids is 1. The van der Waals surface area contributed by atoms with Crippen LogP contribution in [0.4, 0.5) is 0 Å². The highest BCUT2D eigenvalue weighted by molar-refractivity contribution is 6.37. The lowest BCUT2D eigenvalue weighted by Crippen LogP contribution is -1.99. The topological polar surface area (TPSA) is 17.1 Å². The van der Waals surface area contributed by atoms with Gasteiger partial charge in [-0.1, -0.05) is 23.2 Å². The van der Waals surface area contributed by atoms with Gasteiger partial charge in [0.15, 0.2) is 5.78 Å². The summed E-state index contributed by atoms with van der Waals surface area (Å²) in [5, 5.41) is 1.10. The predicted octanol–water partition coefficient (Wildman–Crippen LogP) is 3.81. The van der Waals surface area contributed by atoms with Crippen molar-refractivity contribution in [3.8, 4) is 0 Å². The summed E-state index contributed by atoms with van der Waals surface area (Å²) in [4.78, 5) is 11.2. The number of rotatable bonds is 1. The molecule has 0 N–H and O–H groups in total. The van der Waals surface area contributed by atoms with Crippen LogP contribution in [0.1, 0.15) is 28.4 Å². The summed E-state index contributed by atoms with van der Waals surface area (Å²) in [5.74, 6) is -0.0481. The summed E-state index contributed by atoms with van der Waals surface area (Å²) >= 11 is 11.9. The fraction of sp³-hybridized carbons (Fsp3) is 0.300. The van der Waals surface area contributed by atoms with Gasteiger partial charge in [0.25, 0.3) is 0 Å². The monoisotopic (exact) mass is 216 g/mol. The molecule has 0 aliphatic heterocycles. The molecule has 1 aromatic carbocycles. The second kappa shape index (κ2) is 3.69. The van der Waals surface area contributed by atoms with Gasteiger partial charge < -0.3 is 0 Å². The Morgan fingerprint density at radius 3 is 2.31 bits per heavy atom. The van der Waals surface area contributed by atoms with Crippen molar-refractivity contribution in [2.45, 2.75) is 20.8 Å².